The zero-order valence-electron chi connectivity index (χ0n) is 15.4. The second kappa shape index (κ2) is 8.30. The average Bonchev–Trinajstić information content (AvgIpc) is 3.16. The van der Waals surface area contributed by atoms with E-state index in [1.54, 1.807) is 23.7 Å². The van der Waals surface area contributed by atoms with Crippen molar-refractivity contribution in [3.8, 4) is 17.4 Å². The molecule has 11 heteroatoms. The molecule has 0 bridgehead atoms. The van der Waals surface area contributed by atoms with Gasteiger partial charge in [-0.2, -0.15) is 23.7 Å². The number of aromatic nitrogens is 5. The SMILES string of the molecule is CCOc1cc(/C=N\n2c(-n3nc(C)cc3C)n[nH]c2=S)ccc1OC(F)F. The Balaban J connectivity index is 1.94. The predicted octanol–water partition coefficient (Wildman–Crippen LogP) is 3.63. The molecule has 0 saturated carbocycles. The van der Waals surface area contributed by atoms with Gasteiger partial charge in [-0.05, 0) is 62.8 Å². The Bertz CT molecular complexity index is 1060. The fourth-order valence-corrected chi connectivity index (χ4v) is 2.72. The number of aryl methyl sites for hydroxylation is 2. The molecule has 0 aliphatic rings. The van der Waals surface area contributed by atoms with Crippen molar-refractivity contribution < 1.29 is 18.3 Å². The second-order valence-corrected chi connectivity index (χ2v) is 6.13. The van der Waals surface area contributed by atoms with Crippen molar-refractivity contribution in [1.82, 2.24) is 24.7 Å². The van der Waals surface area contributed by atoms with Gasteiger partial charge in [0.25, 0.3) is 5.95 Å². The molecule has 3 rings (SSSR count). The second-order valence-electron chi connectivity index (χ2n) is 5.74. The third-order valence-corrected chi connectivity index (χ3v) is 3.90. The molecule has 0 spiro atoms. The van der Waals surface area contributed by atoms with Crippen LogP contribution in [-0.4, -0.2) is 44.1 Å². The lowest BCUT2D eigenvalue weighted by Crippen LogP contribution is -2.07. The molecule has 0 saturated heterocycles. The normalized spacial score (nSPS) is 11.5. The van der Waals surface area contributed by atoms with E-state index in [0.29, 0.717) is 18.1 Å². The third kappa shape index (κ3) is 4.25. The standard InChI is InChI=1S/C17H18F2N6O2S/c1-4-26-14-8-12(5-6-13(14)27-15(18)19)9-20-25-16(21-22-17(25)28)24-11(3)7-10(2)23-24/h5-9,15H,4H2,1-3H3,(H,22,28)/b20-9-. The number of benzene rings is 1. The van der Waals surface area contributed by atoms with Crippen LogP contribution in [0.4, 0.5) is 8.78 Å². The first-order valence-corrected chi connectivity index (χ1v) is 8.77. The number of nitrogens with zero attached hydrogens (tertiary/aromatic N) is 5. The Morgan fingerprint density at radius 2 is 2.07 bits per heavy atom. The number of halogens is 2. The number of nitrogens with one attached hydrogen (secondary N) is 1. The van der Waals surface area contributed by atoms with E-state index in [-0.39, 0.29) is 16.3 Å². The molecule has 0 amide bonds. The van der Waals surface area contributed by atoms with E-state index in [1.165, 1.54) is 17.0 Å². The molecule has 28 heavy (non-hydrogen) atoms. The molecule has 148 valence electrons. The Morgan fingerprint density at radius 3 is 2.71 bits per heavy atom. The minimum atomic E-state index is -2.94. The van der Waals surface area contributed by atoms with E-state index < -0.39 is 6.61 Å². The van der Waals surface area contributed by atoms with Gasteiger partial charge in [-0.1, -0.05) is 0 Å². The summed E-state index contributed by atoms with van der Waals surface area (Å²) in [5.74, 6) is 0.549. The first-order chi connectivity index (χ1) is 13.4. The van der Waals surface area contributed by atoms with Crippen LogP contribution in [0.1, 0.15) is 23.9 Å². The van der Waals surface area contributed by atoms with Crippen LogP contribution in [0, 0.1) is 18.6 Å². The maximum Gasteiger partial charge on any atom is 0.387 e. The van der Waals surface area contributed by atoms with E-state index in [4.69, 9.17) is 17.0 Å². The maximum atomic E-state index is 12.5. The van der Waals surface area contributed by atoms with E-state index in [0.717, 1.165) is 11.4 Å². The zero-order valence-corrected chi connectivity index (χ0v) is 16.2. The fourth-order valence-electron chi connectivity index (χ4n) is 2.55. The molecule has 0 aliphatic heterocycles. The third-order valence-electron chi connectivity index (χ3n) is 3.64. The minimum absolute atomic E-state index is 0.0442. The maximum absolute atomic E-state index is 12.5. The largest absolute Gasteiger partial charge is 0.490 e. The molecule has 1 aromatic carbocycles. The Labute approximate surface area is 164 Å². The highest BCUT2D eigenvalue weighted by Gasteiger charge is 2.13. The highest BCUT2D eigenvalue weighted by atomic mass is 32.1. The summed E-state index contributed by atoms with van der Waals surface area (Å²) in [6.45, 7) is 2.87. The van der Waals surface area contributed by atoms with Gasteiger partial charge >= 0.3 is 6.61 Å². The van der Waals surface area contributed by atoms with Crippen LogP contribution >= 0.6 is 12.2 Å². The van der Waals surface area contributed by atoms with Gasteiger partial charge in [-0.3, -0.25) is 0 Å². The van der Waals surface area contributed by atoms with Crippen molar-refractivity contribution in [2.45, 2.75) is 27.4 Å². The number of aromatic amines is 1. The molecule has 2 heterocycles. The summed E-state index contributed by atoms with van der Waals surface area (Å²) in [6, 6.07) is 6.44. The number of ether oxygens (including phenoxy) is 2. The highest BCUT2D eigenvalue weighted by Crippen LogP contribution is 2.29. The molecular weight excluding hydrogens is 390 g/mol. The van der Waals surface area contributed by atoms with E-state index in [9.17, 15) is 8.78 Å². The number of alkyl halides is 2. The monoisotopic (exact) mass is 408 g/mol. The van der Waals surface area contributed by atoms with Crippen LogP contribution in [0.5, 0.6) is 11.5 Å². The van der Waals surface area contributed by atoms with Crippen LogP contribution in [0.25, 0.3) is 5.95 Å². The topological polar surface area (TPSA) is 82.3 Å². The van der Waals surface area contributed by atoms with E-state index >= 15 is 0 Å². The quantitative estimate of drug-likeness (QED) is 0.477. The van der Waals surface area contributed by atoms with Gasteiger partial charge in [0.2, 0.25) is 4.77 Å². The predicted molar refractivity (Wildman–Crippen MR) is 101 cm³/mol. The van der Waals surface area contributed by atoms with Gasteiger partial charge in [0.1, 0.15) is 0 Å². The highest BCUT2D eigenvalue weighted by molar-refractivity contribution is 7.71. The minimum Gasteiger partial charge on any atom is -0.490 e. The van der Waals surface area contributed by atoms with Crippen LogP contribution in [-0.2, 0) is 0 Å². The fraction of sp³-hybridized carbons (Fsp3) is 0.294. The number of H-pyrrole nitrogens is 1. The summed E-state index contributed by atoms with van der Waals surface area (Å²) >= 11 is 5.24. The van der Waals surface area contributed by atoms with Crippen LogP contribution < -0.4 is 9.47 Å². The zero-order chi connectivity index (χ0) is 20.3. The lowest BCUT2D eigenvalue weighted by Gasteiger charge is -2.11. The van der Waals surface area contributed by atoms with Gasteiger partial charge in [-0.25, -0.2) is 9.78 Å². The first kappa shape index (κ1) is 19.7. The number of hydrogen-bond donors (Lipinski definition) is 1. The van der Waals surface area contributed by atoms with Gasteiger partial charge in [-0.15, -0.1) is 5.10 Å². The van der Waals surface area contributed by atoms with Crippen molar-refractivity contribution >= 4 is 18.4 Å². The molecule has 0 radical (unpaired) electrons. The number of rotatable bonds is 7. The Morgan fingerprint density at radius 1 is 1.29 bits per heavy atom. The molecule has 8 nitrogen and oxygen atoms in total. The molecule has 1 N–H and O–H groups in total. The summed E-state index contributed by atoms with van der Waals surface area (Å²) < 4.78 is 38.2. The summed E-state index contributed by atoms with van der Waals surface area (Å²) in [7, 11) is 0. The van der Waals surface area contributed by atoms with Crippen molar-refractivity contribution in [2.24, 2.45) is 5.10 Å². The summed E-state index contributed by atoms with van der Waals surface area (Å²) in [5, 5.41) is 15.6. The van der Waals surface area contributed by atoms with Crippen LogP contribution in [0.15, 0.2) is 29.4 Å². The molecule has 0 fully saturated rings. The van der Waals surface area contributed by atoms with Crippen LogP contribution in [0.3, 0.4) is 0 Å². The van der Waals surface area contributed by atoms with Gasteiger partial charge in [0.15, 0.2) is 11.5 Å². The van der Waals surface area contributed by atoms with Gasteiger partial charge < -0.3 is 9.47 Å². The van der Waals surface area contributed by atoms with Crippen molar-refractivity contribution in [2.75, 3.05) is 6.61 Å². The molecule has 0 atom stereocenters. The molecular formula is C17H18F2N6O2S. The van der Waals surface area contributed by atoms with Crippen LogP contribution in [0.2, 0.25) is 0 Å². The van der Waals surface area contributed by atoms with Crippen molar-refractivity contribution in [3.05, 3.63) is 46.0 Å². The lowest BCUT2D eigenvalue weighted by atomic mass is 10.2. The van der Waals surface area contributed by atoms with Gasteiger partial charge in [0, 0.05) is 5.69 Å². The Hall–Kier alpha value is -3.08. The van der Waals surface area contributed by atoms with E-state index in [2.05, 4.69) is 25.1 Å². The Kier molecular flexibility index (Phi) is 5.83. The molecule has 2 aromatic heterocycles. The molecule has 0 aliphatic carbocycles. The number of hydrogen-bond acceptors (Lipinski definition) is 6. The van der Waals surface area contributed by atoms with E-state index in [1.807, 2.05) is 19.9 Å². The average molecular weight is 408 g/mol. The lowest BCUT2D eigenvalue weighted by molar-refractivity contribution is -0.0514. The summed E-state index contributed by atoms with van der Waals surface area (Å²) in [4.78, 5) is 0. The van der Waals surface area contributed by atoms with Gasteiger partial charge in [0.05, 0.1) is 18.5 Å². The molecule has 3 aromatic rings. The summed E-state index contributed by atoms with van der Waals surface area (Å²) in [6.07, 6.45) is 1.51. The first-order valence-electron chi connectivity index (χ1n) is 8.36. The van der Waals surface area contributed by atoms with Crippen molar-refractivity contribution in [3.63, 3.8) is 0 Å². The van der Waals surface area contributed by atoms with Crippen molar-refractivity contribution in [1.29, 1.82) is 0 Å². The molecule has 0 unspecified atom stereocenters. The summed E-state index contributed by atoms with van der Waals surface area (Å²) in [5.41, 5.74) is 2.31. The smallest absolute Gasteiger partial charge is 0.387 e.